The summed E-state index contributed by atoms with van der Waals surface area (Å²) in [6.45, 7) is 3.13. The maximum Gasteiger partial charge on any atom is 0.138 e. The molecule has 0 atom stereocenters. The molecule has 1 aliphatic rings. The van der Waals surface area contributed by atoms with Crippen LogP contribution < -0.4 is 4.90 Å². The SMILES string of the molecule is CCCCCN1c2ccccc2C(=C(C#N)C#N)c2ccccc21. The van der Waals surface area contributed by atoms with Gasteiger partial charge >= 0.3 is 0 Å². The van der Waals surface area contributed by atoms with Gasteiger partial charge in [0.1, 0.15) is 17.7 Å². The van der Waals surface area contributed by atoms with Gasteiger partial charge < -0.3 is 4.90 Å². The molecule has 0 fully saturated rings. The van der Waals surface area contributed by atoms with Gasteiger partial charge in [-0.15, -0.1) is 0 Å². The lowest BCUT2D eigenvalue weighted by Gasteiger charge is -2.34. The summed E-state index contributed by atoms with van der Waals surface area (Å²) in [6, 6.07) is 20.2. The number of para-hydroxylation sites is 2. The molecule has 3 heteroatoms. The van der Waals surface area contributed by atoms with Crippen molar-refractivity contribution in [1.29, 1.82) is 10.5 Å². The summed E-state index contributed by atoms with van der Waals surface area (Å²) < 4.78 is 0. The Morgan fingerprint density at radius 1 is 0.875 bits per heavy atom. The quantitative estimate of drug-likeness (QED) is 0.577. The average Bonchev–Trinajstić information content (AvgIpc) is 2.64. The van der Waals surface area contributed by atoms with Crippen molar-refractivity contribution in [2.45, 2.75) is 26.2 Å². The van der Waals surface area contributed by atoms with Crippen LogP contribution in [0.25, 0.3) is 5.57 Å². The summed E-state index contributed by atoms with van der Waals surface area (Å²) in [6.07, 6.45) is 3.47. The smallest absolute Gasteiger partial charge is 0.138 e. The Kier molecular flexibility index (Phi) is 4.64. The number of nitriles is 2. The van der Waals surface area contributed by atoms with Gasteiger partial charge in [-0.1, -0.05) is 56.2 Å². The van der Waals surface area contributed by atoms with Crippen molar-refractivity contribution < 1.29 is 0 Å². The zero-order valence-corrected chi connectivity index (χ0v) is 13.8. The lowest BCUT2D eigenvalue weighted by atomic mass is 9.87. The van der Waals surface area contributed by atoms with Gasteiger partial charge in [-0.3, -0.25) is 0 Å². The summed E-state index contributed by atoms with van der Waals surface area (Å²) >= 11 is 0. The van der Waals surface area contributed by atoms with E-state index in [2.05, 4.69) is 36.1 Å². The van der Waals surface area contributed by atoms with Gasteiger partial charge in [0.15, 0.2) is 0 Å². The second-order valence-corrected chi connectivity index (χ2v) is 5.87. The van der Waals surface area contributed by atoms with Crippen molar-refractivity contribution in [1.82, 2.24) is 0 Å². The first-order valence-electron chi connectivity index (χ1n) is 8.32. The van der Waals surface area contributed by atoms with Crippen molar-refractivity contribution in [3.05, 3.63) is 65.2 Å². The van der Waals surface area contributed by atoms with Gasteiger partial charge in [0.25, 0.3) is 0 Å². The Morgan fingerprint density at radius 3 is 1.92 bits per heavy atom. The summed E-state index contributed by atoms with van der Waals surface area (Å²) in [4.78, 5) is 2.32. The van der Waals surface area contributed by atoms with Crippen LogP contribution in [0.3, 0.4) is 0 Å². The van der Waals surface area contributed by atoms with E-state index >= 15 is 0 Å². The van der Waals surface area contributed by atoms with Crippen LogP contribution in [0.2, 0.25) is 0 Å². The van der Waals surface area contributed by atoms with Crippen LogP contribution in [-0.4, -0.2) is 6.54 Å². The highest BCUT2D eigenvalue weighted by Crippen LogP contribution is 2.45. The number of rotatable bonds is 4. The normalized spacial score (nSPS) is 12.0. The third-order valence-electron chi connectivity index (χ3n) is 4.39. The molecule has 0 bridgehead atoms. The molecule has 2 aromatic carbocycles. The Bertz CT molecular complexity index is 800. The molecule has 0 amide bonds. The van der Waals surface area contributed by atoms with Gasteiger partial charge in [0.05, 0.1) is 0 Å². The summed E-state index contributed by atoms with van der Waals surface area (Å²) in [5.41, 5.74) is 4.99. The zero-order valence-electron chi connectivity index (χ0n) is 13.8. The van der Waals surface area contributed by atoms with Gasteiger partial charge in [0.2, 0.25) is 0 Å². The highest BCUT2D eigenvalue weighted by molar-refractivity contribution is 6.00. The standard InChI is InChI=1S/C21H19N3/c1-2-3-8-13-24-19-11-6-4-9-17(19)21(16(14-22)15-23)18-10-5-7-12-20(18)24/h4-7,9-12H,2-3,8,13H2,1H3. The molecular formula is C21H19N3. The van der Waals surface area contributed by atoms with Gasteiger partial charge in [-0.25, -0.2) is 0 Å². The van der Waals surface area contributed by atoms with E-state index < -0.39 is 0 Å². The number of fused-ring (bicyclic) bond motifs is 2. The van der Waals surface area contributed by atoms with E-state index in [0.29, 0.717) is 0 Å². The molecular weight excluding hydrogens is 294 g/mol. The summed E-state index contributed by atoms with van der Waals surface area (Å²) in [5, 5.41) is 18.8. The predicted octanol–water partition coefficient (Wildman–Crippen LogP) is 5.18. The molecule has 0 radical (unpaired) electrons. The Balaban J connectivity index is 2.23. The minimum Gasteiger partial charge on any atom is -0.340 e. The number of allylic oxidation sites excluding steroid dienone is 1. The topological polar surface area (TPSA) is 50.8 Å². The Morgan fingerprint density at radius 2 is 1.42 bits per heavy atom. The molecule has 0 aromatic heterocycles. The van der Waals surface area contributed by atoms with Crippen molar-refractivity contribution in [3.63, 3.8) is 0 Å². The number of anilines is 2. The van der Waals surface area contributed by atoms with Crippen LogP contribution in [0.4, 0.5) is 11.4 Å². The van der Waals surface area contributed by atoms with E-state index in [9.17, 15) is 10.5 Å². The first kappa shape index (κ1) is 15.8. The maximum atomic E-state index is 9.42. The molecule has 2 aromatic rings. The summed E-state index contributed by atoms with van der Waals surface area (Å²) in [5.74, 6) is 0. The first-order chi connectivity index (χ1) is 11.8. The largest absolute Gasteiger partial charge is 0.340 e. The molecule has 1 aliphatic heterocycles. The summed E-state index contributed by atoms with van der Waals surface area (Å²) in [7, 11) is 0. The van der Waals surface area contributed by atoms with Crippen molar-refractivity contribution >= 4 is 16.9 Å². The molecule has 0 spiro atoms. The molecule has 0 aliphatic carbocycles. The van der Waals surface area contributed by atoms with Crippen LogP contribution in [0, 0.1) is 22.7 Å². The third-order valence-corrected chi connectivity index (χ3v) is 4.39. The van der Waals surface area contributed by atoms with Crippen molar-refractivity contribution in [2.75, 3.05) is 11.4 Å². The number of unbranched alkanes of at least 4 members (excludes halogenated alkanes) is 2. The van der Waals surface area contributed by atoms with Gasteiger partial charge in [-0.05, 0) is 18.6 Å². The van der Waals surface area contributed by atoms with Crippen molar-refractivity contribution in [2.24, 2.45) is 0 Å². The van der Waals surface area contributed by atoms with Gasteiger partial charge in [-0.2, -0.15) is 10.5 Å². The van der Waals surface area contributed by atoms with Crippen LogP contribution in [0.5, 0.6) is 0 Å². The van der Waals surface area contributed by atoms with Crippen LogP contribution in [0.1, 0.15) is 37.3 Å². The second-order valence-electron chi connectivity index (χ2n) is 5.87. The number of benzene rings is 2. The molecule has 3 rings (SSSR count). The van der Waals surface area contributed by atoms with Crippen LogP contribution >= 0.6 is 0 Å². The second kappa shape index (κ2) is 7.02. The molecule has 0 saturated carbocycles. The average molecular weight is 313 g/mol. The first-order valence-corrected chi connectivity index (χ1v) is 8.32. The predicted molar refractivity (Wildman–Crippen MR) is 96.7 cm³/mol. The lowest BCUT2D eigenvalue weighted by molar-refractivity contribution is 0.715. The number of nitrogens with zero attached hydrogens (tertiary/aromatic N) is 3. The van der Waals surface area contributed by atoms with E-state index in [4.69, 9.17) is 0 Å². The van der Waals surface area contributed by atoms with E-state index in [1.807, 2.05) is 36.4 Å². The Labute approximate surface area is 143 Å². The van der Waals surface area contributed by atoms with E-state index in [1.54, 1.807) is 0 Å². The zero-order chi connectivity index (χ0) is 16.9. The highest BCUT2D eigenvalue weighted by atomic mass is 15.1. The van der Waals surface area contributed by atoms with E-state index in [0.717, 1.165) is 41.0 Å². The lowest BCUT2D eigenvalue weighted by Crippen LogP contribution is -2.24. The van der Waals surface area contributed by atoms with Gasteiger partial charge in [0, 0.05) is 34.6 Å². The highest BCUT2D eigenvalue weighted by Gasteiger charge is 2.27. The fraction of sp³-hybridized carbons (Fsp3) is 0.238. The van der Waals surface area contributed by atoms with E-state index in [-0.39, 0.29) is 5.57 Å². The number of hydrogen-bond donors (Lipinski definition) is 0. The Hall–Kier alpha value is -3.04. The molecule has 0 saturated heterocycles. The van der Waals surface area contributed by atoms with Crippen LogP contribution in [-0.2, 0) is 0 Å². The minimum atomic E-state index is 0.170. The van der Waals surface area contributed by atoms with Crippen molar-refractivity contribution in [3.8, 4) is 12.1 Å². The fourth-order valence-corrected chi connectivity index (χ4v) is 3.28. The maximum absolute atomic E-state index is 9.42. The molecule has 24 heavy (non-hydrogen) atoms. The molecule has 118 valence electrons. The monoisotopic (exact) mass is 313 g/mol. The molecule has 0 N–H and O–H groups in total. The molecule has 0 unspecified atom stereocenters. The van der Waals surface area contributed by atoms with Crippen LogP contribution in [0.15, 0.2) is 54.1 Å². The minimum absolute atomic E-state index is 0.170. The molecule has 3 nitrogen and oxygen atoms in total. The number of hydrogen-bond acceptors (Lipinski definition) is 3. The fourth-order valence-electron chi connectivity index (χ4n) is 3.28. The third kappa shape index (κ3) is 2.66. The van der Waals surface area contributed by atoms with E-state index in [1.165, 1.54) is 12.8 Å². The molecule has 1 heterocycles.